The van der Waals surface area contributed by atoms with E-state index >= 15 is 0 Å². The van der Waals surface area contributed by atoms with Crippen molar-refractivity contribution in [1.82, 2.24) is 20.0 Å². The highest BCUT2D eigenvalue weighted by Gasteiger charge is 2.16. The highest BCUT2D eigenvalue weighted by molar-refractivity contribution is 6.12. The molecule has 0 saturated carbocycles. The molecule has 0 spiro atoms. The zero-order valence-corrected chi connectivity index (χ0v) is 11.2. The highest BCUT2D eigenvalue weighted by atomic mass is 16.2. The molecule has 1 aromatic carbocycles. The molecule has 2 N–H and O–H groups in total. The van der Waals surface area contributed by atoms with Gasteiger partial charge in [-0.1, -0.05) is 0 Å². The lowest BCUT2D eigenvalue weighted by atomic mass is 10.0. The minimum Gasteiger partial charge on any atom is -0.360 e. The number of H-pyrrole nitrogens is 1. The largest absolute Gasteiger partial charge is 0.360 e. The zero-order chi connectivity index (χ0) is 14.2. The fraction of sp³-hybridized carbons (Fsp3) is 0.133. The van der Waals surface area contributed by atoms with Crippen molar-refractivity contribution in [2.75, 3.05) is 0 Å². The first kappa shape index (κ1) is 11.9. The molecule has 6 heteroatoms. The second-order valence-electron chi connectivity index (χ2n) is 5.00. The van der Waals surface area contributed by atoms with Crippen LogP contribution in [-0.4, -0.2) is 26.2 Å². The van der Waals surface area contributed by atoms with E-state index in [0.717, 1.165) is 27.9 Å². The van der Waals surface area contributed by atoms with Gasteiger partial charge >= 0.3 is 0 Å². The van der Waals surface area contributed by atoms with Crippen LogP contribution in [0.1, 0.15) is 18.4 Å². The van der Waals surface area contributed by atoms with Gasteiger partial charge in [0.25, 0.3) is 0 Å². The first-order valence-corrected chi connectivity index (χ1v) is 6.76. The van der Waals surface area contributed by atoms with Crippen LogP contribution in [0.4, 0.5) is 0 Å². The third-order valence-corrected chi connectivity index (χ3v) is 3.68. The van der Waals surface area contributed by atoms with Gasteiger partial charge in [0.15, 0.2) is 0 Å². The van der Waals surface area contributed by atoms with Gasteiger partial charge in [-0.3, -0.25) is 4.79 Å². The van der Waals surface area contributed by atoms with Crippen LogP contribution >= 0.6 is 0 Å². The number of aromatic amines is 1. The Kier molecular flexibility index (Phi) is 2.60. The number of hydrogen-bond donors (Lipinski definition) is 2. The van der Waals surface area contributed by atoms with E-state index in [4.69, 9.17) is 0 Å². The van der Waals surface area contributed by atoms with Gasteiger partial charge in [0, 0.05) is 53.6 Å². The minimum absolute atomic E-state index is 0.0299. The summed E-state index contributed by atoms with van der Waals surface area (Å²) in [6.07, 6.45) is 8.51. The summed E-state index contributed by atoms with van der Waals surface area (Å²) < 4.78 is 1.96. The van der Waals surface area contributed by atoms with Gasteiger partial charge in [0.2, 0.25) is 5.91 Å². The van der Waals surface area contributed by atoms with Crippen LogP contribution in [0.25, 0.3) is 16.6 Å². The number of carbonyl (C=O) groups is 1. The highest BCUT2D eigenvalue weighted by Crippen LogP contribution is 2.24. The number of amides is 1. The number of fused-ring (bicyclic) bond motifs is 1. The maximum Gasteiger partial charge on any atom is 0.240 e. The standard InChI is InChI=1S/C15H13N5O/c21-15-4-3-14(18-19-15)12-8-17-13-2-1-10(7-11(12)13)20-6-5-16-9-20/h1-2,5-9,17H,3-4H2,(H,19,21). The molecule has 0 atom stereocenters. The summed E-state index contributed by atoms with van der Waals surface area (Å²) >= 11 is 0. The summed E-state index contributed by atoms with van der Waals surface area (Å²) in [5.74, 6) is -0.0299. The molecule has 21 heavy (non-hydrogen) atoms. The average Bonchev–Trinajstić information content (AvgIpc) is 3.17. The zero-order valence-electron chi connectivity index (χ0n) is 11.2. The van der Waals surface area contributed by atoms with Gasteiger partial charge in [-0.15, -0.1) is 0 Å². The summed E-state index contributed by atoms with van der Waals surface area (Å²) in [5, 5.41) is 5.27. The van der Waals surface area contributed by atoms with E-state index < -0.39 is 0 Å². The van der Waals surface area contributed by atoms with E-state index in [-0.39, 0.29) is 5.91 Å². The van der Waals surface area contributed by atoms with Crippen molar-refractivity contribution in [1.29, 1.82) is 0 Å². The van der Waals surface area contributed by atoms with E-state index in [2.05, 4.69) is 26.6 Å². The average molecular weight is 279 g/mol. The van der Waals surface area contributed by atoms with Crippen molar-refractivity contribution in [2.45, 2.75) is 12.8 Å². The van der Waals surface area contributed by atoms with E-state index in [1.54, 1.807) is 12.5 Å². The SMILES string of the molecule is O=C1CCC(c2c[nH]c3ccc(-n4ccnc4)cc23)=NN1. The van der Waals surface area contributed by atoms with Crippen molar-refractivity contribution in [3.05, 3.63) is 48.7 Å². The molecule has 104 valence electrons. The summed E-state index contributed by atoms with van der Waals surface area (Å²) in [7, 11) is 0. The number of hydrazone groups is 1. The number of hydrogen-bond acceptors (Lipinski definition) is 3. The van der Waals surface area contributed by atoms with Crippen molar-refractivity contribution < 1.29 is 4.79 Å². The summed E-state index contributed by atoms with van der Waals surface area (Å²) in [6, 6.07) is 6.17. The molecular formula is C15H13N5O. The Morgan fingerprint density at radius 2 is 2.19 bits per heavy atom. The first-order valence-electron chi connectivity index (χ1n) is 6.76. The van der Waals surface area contributed by atoms with Crippen LogP contribution in [0.15, 0.2) is 48.2 Å². The second-order valence-corrected chi connectivity index (χ2v) is 5.00. The van der Waals surface area contributed by atoms with Crippen molar-refractivity contribution in [2.24, 2.45) is 5.10 Å². The Labute approximate surface area is 120 Å². The van der Waals surface area contributed by atoms with E-state index in [1.807, 2.05) is 29.1 Å². The van der Waals surface area contributed by atoms with Crippen LogP contribution in [0, 0.1) is 0 Å². The van der Waals surface area contributed by atoms with Crippen LogP contribution in [0.3, 0.4) is 0 Å². The molecule has 4 rings (SSSR count). The van der Waals surface area contributed by atoms with Crippen LogP contribution in [0.5, 0.6) is 0 Å². The van der Waals surface area contributed by atoms with Gasteiger partial charge in [-0.25, -0.2) is 10.4 Å². The molecule has 1 aliphatic heterocycles. The number of nitrogens with zero attached hydrogens (tertiary/aromatic N) is 3. The molecule has 0 bridgehead atoms. The monoisotopic (exact) mass is 279 g/mol. The lowest BCUT2D eigenvalue weighted by Gasteiger charge is -2.11. The van der Waals surface area contributed by atoms with Gasteiger partial charge in [-0.2, -0.15) is 5.10 Å². The fourth-order valence-corrected chi connectivity index (χ4v) is 2.59. The van der Waals surface area contributed by atoms with Gasteiger partial charge in [-0.05, 0) is 18.2 Å². The van der Waals surface area contributed by atoms with Crippen molar-refractivity contribution >= 4 is 22.5 Å². The molecule has 0 unspecified atom stereocenters. The molecule has 6 nitrogen and oxygen atoms in total. The summed E-state index contributed by atoms with van der Waals surface area (Å²) in [5.41, 5.74) is 6.58. The Morgan fingerprint density at radius 1 is 1.24 bits per heavy atom. The third-order valence-electron chi connectivity index (χ3n) is 3.68. The number of benzene rings is 1. The Morgan fingerprint density at radius 3 is 2.95 bits per heavy atom. The van der Waals surface area contributed by atoms with Crippen LogP contribution in [-0.2, 0) is 4.79 Å². The Balaban J connectivity index is 1.83. The lowest BCUT2D eigenvalue weighted by Crippen LogP contribution is -2.25. The quantitative estimate of drug-likeness (QED) is 0.752. The molecular weight excluding hydrogens is 266 g/mol. The second kappa shape index (κ2) is 4.59. The molecule has 1 amide bonds. The van der Waals surface area contributed by atoms with Gasteiger partial charge in [0.05, 0.1) is 12.0 Å². The van der Waals surface area contributed by atoms with E-state index in [0.29, 0.717) is 12.8 Å². The van der Waals surface area contributed by atoms with Crippen LogP contribution < -0.4 is 5.43 Å². The number of nitrogens with one attached hydrogen (secondary N) is 2. The molecule has 0 fully saturated rings. The maximum absolute atomic E-state index is 11.2. The smallest absolute Gasteiger partial charge is 0.240 e. The van der Waals surface area contributed by atoms with Crippen molar-refractivity contribution in [3.63, 3.8) is 0 Å². The predicted octanol–water partition coefficient (Wildman–Crippen LogP) is 1.97. The lowest BCUT2D eigenvalue weighted by molar-refractivity contribution is -0.121. The number of imidazole rings is 1. The maximum atomic E-state index is 11.2. The first-order chi connectivity index (χ1) is 10.3. The molecule has 3 heterocycles. The molecule has 3 aromatic rings. The minimum atomic E-state index is -0.0299. The number of rotatable bonds is 2. The fourth-order valence-electron chi connectivity index (χ4n) is 2.59. The third kappa shape index (κ3) is 2.01. The molecule has 0 aliphatic carbocycles. The molecule has 0 saturated heterocycles. The number of carbonyl (C=O) groups excluding carboxylic acids is 1. The van der Waals surface area contributed by atoms with Gasteiger partial charge < -0.3 is 9.55 Å². The van der Waals surface area contributed by atoms with E-state index in [9.17, 15) is 4.79 Å². The summed E-state index contributed by atoms with van der Waals surface area (Å²) in [6.45, 7) is 0. The number of aromatic nitrogens is 3. The summed E-state index contributed by atoms with van der Waals surface area (Å²) in [4.78, 5) is 18.5. The normalized spacial score (nSPS) is 15.0. The predicted molar refractivity (Wildman–Crippen MR) is 79.3 cm³/mol. The van der Waals surface area contributed by atoms with E-state index in [1.165, 1.54) is 0 Å². The Hall–Kier alpha value is -2.89. The molecule has 1 aliphatic rings. The molecule has 0 radical (unpaired) electrons. The van der Waals surface area contributed by atoms with Crippen molar-refractivity contribution in [3.8, 4) is 5.69 Å². The topological polar surface area (TPSA) is 75.1 Å². The van der Waals surface area contributed by atoms with Gasteiger partial charge in [0.1, 0.15) is 0 Å². The molecule has 2 aromatic heterocycles. The Bertz CT molecular complexity index is 844. The van der Waals surface area contributed by atoms with Crippen LogP contribution in [0.2, 0.25) is 0 Å².